The second-order valence-electron chi connectivity index (χ2n) is 9.23. The Labute approximate surface area is 206 Å². The number of rotatable bonds is 1. The van der Waals surface area contributed by atoms with E-state index in [1.165, 1.54) is 23.1 Å². The van der Waals surface area contributed by atoms with Gasteiger partial charge in [0.25, 0.3) is 0 Å². The number of hydrogen-bond acceptors (Lipinski definition) is 5. The SMILES string of the molecule is O=C1C2C3C[C@H](O)CN3C3(C(=O)Nc4ccc(C(F)(F)F)cc43)C2C(=O)N1c1cc(Cl)cc(Cl)c1. The molecule has 4 aliphatic rings. The van der Waals surface area contributed by atoms with Crippen molar-refractivity contribution in [1.82, 2.24) is 4.90 Å². The summed E-state index contributed by atoms with van der Waals surface area (Å²) < 4.78 is 40.8. The van der Waals surface area contributed by atoms with Crippen LogP contribution in [0.3, 0.4) is 0 Å². The van der Waals surface area contributed by atoms with Gasteiger partial charge in [0.1, 0.15) is 5.54 Å². The fourth-order valence-electron chi connectivity index (χ4n) is 6.29. The van der Waals surface area contributed by atoms with Crippen LogP contribution < -0.4 is 10.2 Å². The van der Waals surface area contributed by atoms with Crippen LogP contribution in [0.25, 0.3) is 0 Å². The minimum atomic E-state index is -4.69. The lowest BCUT2D eigenvalue weighted by molar-refractivity contribution is -0.138. The number of anilines is 2. The predicted molar refractivity (Wildman–Crippen MR) is 119 cm³/mol. The number of halogens is 5. The Bertz CT molecular complexity index is 1320. The molecule has 7 nitrogen and oxygen atoms in total. The molecule has 3 amide bonds. The van der Waals surface area contributed by atoms with E-state index in [-0.39, 0.29) is 39.9 Å². The van der Waals surface area contributed by atoms with Crippen LogP contribution in [0.15, 0.2) is 36.4 Å². The number of aliphatic hydroxyl groups is 1. The number of carbonyl (C=O) groups excluding carboxylic acids is 3. The van der Waals surface area contributed by atoms with Crippen molar-refractivity contribution >= 4 is 52.3 Å². The molecule has 0 saturated carbocycles. The van der Waals surface area contributed by atoms with Crippen LogP contribution in [0.4, 0.5) is 24.5 Å². The first kappa shape index (κ1) is 22.8. The van der Waals surface area contributed by atoms with Crippen LogP contribution in [-0.4, -0.2) is 46.4 Å². The van der Waals surface area contributed by atoms with Gasteiger partial charge in [-0.05, 0) is 42.8 Å². The molecule has 2 aromatic rings. The third-order valence-electron chi connectivity index (χ3n) is 7.45. The number of hydrogen-bond donors (Lipinski definition) is 2. The molecule has 1 spiro atoms. The lowest BCUT2D eigenvalue weighted by atomic mass is 9.75. The van der Waals surface area contributed by atoms with E-state index in [4.69, 9.17) is 23.2 Å². The Kier molecular flexibility index (Phi) is 4.68. The Morgan fingerprint density at radius 1 is 1.03 bits per heavy atom. The van der Waals surface area contributed by atoms with Crippen molar-refractivity contribution in [3.8, 4) is 0 Å². The quantitative estimate of drug-likeness (QED) is 0.557. The normalized spacial score (nSPS) is 31.8. The lowest BCUT2D eigenvalue weighted by Gasteiger charge is -2.37. The third kappa shape index (κ3) is 2.91. The van der Waals surface area contributed by atoms with Crippen LogP contribution in [0.5, 0.6) is 0 Å². The minimum absolute atomic E-state index is 0.0314. The van der Waals surface area contributed by atoms with Crippen LogP contribution in [0, 0.1) is 11.8 Å². The van der Waals surface area contributed by atoms with Crippen molar-refractivity contribution in [2.24, 2.45) is 11.8 Å². The summed E-state index contributed by atoms with van der Waals surface area (Å²) in [7, 11) is 0. The molecule has 2 aromatic carbocycles. The summed E-state index contributed by atoms with van der Waals surface area (Å²) in [5.74, 6) is -4.40. The minimum Gasteiger partial charge on any atom is -0.392 e. The van der Waals surface area contributed by atoms with Crippen molar-refractivity contribution < 1.29 is 32.7 Å². The highest BCUT2D eigenvalue weighted by Gasteiger charge is 2.75. The number of amides is 3. The van der Waals surface area contributed by atoms with Crippen LogP contribution >= 0.6 is 23.2 Å². The van der Waals surface area contributed by atoms with E-state index < -0.39 is 59.0 Å². The van der Waals surface area contributed by atoms with Gasteiger partial charge in [-0.25, -0.2) is 4.90 Å². The van der Waals surface area contributed by atoms with Crippen molar-refractivity contribution in [2.75, 3.05) is 16.8 Å². The molecule has 3 saturated heterocycles. The highest BCUT2D eigenvalue weighted by molar-refractivity contribution is 6.36. The van der Waals surface area contributed by atoms with E-state index in [1.807, 2.05) is 0 Å². The van der Waals surface area contributed by atoms with Gasteiger partial charge < -0.3 is 10.4 Å². The molecule has 6 rings (SSSR count). The average molecular weight is 526 g/mol. The van der Waals surface area contributed by atoms with Gasteiger partial charge >= 0.3 is 6.18 Å². The summed E-state index contributed by atoms with van der Waals surface area (Å²) in [5.41, 5.74) is -2.66. The molecule has 3 fully saturated rings. The second kappa shape index (κ2) is 7.19. The molecule has 0 bridgehead atoms. The second-order valence-corrected chi connectivity index (χ2v) is 10.1. The fraction of sp³-hybridized carbons (Fsp3) is 0.348. The van der Waals surface area contributed by atoms with Gasteiger partial charge in [0.15, 0.2) is 0 Å². The number of carbonyl (C=O) groups is 3. The number of fused-ring (bicyclic) bond motifs is 7. The molecule has 5 atom stereocenters. The van der Waals surface area contributed by atoms with E-state index in [2.05, 4.69) is 5.32 Å². The van der Waals surface area contributed by atoms with Gasteiger partial charge in [-0.2, -0.15) is 13.2 Å². The van der Waals surface area contributed by atoms with E-state index >= 15 is 0 Å². The van der Waals surface area contributed by atoms with Gasteiger partial charge in [-0.3, -0.25) is 19.3 Å². The molecule has 4 unspecified atom stereocenters. The maximum absolute atomic E-state index is 13.9. The molecule has 35 heavy (non-hydrogen) atoms. The maximum atomic E-state index is 13.9. The predicted octanol–water partition coefficient (Wildman–Crippen LogP) is 3.41. The average Bonchev–Trinajstić information content (AvgIpc) is 3.41. The molecule has 12 heteroatoms. The number of nitrogens with zero attached hydrogens (tertiary/aromatic N) is 2. The van der Waals surface area contributed by atoms with Crippen LogP contribution in [-0.2, 0) is 26.1 Å². The summed E-state index contributed by atoms with van der Waals surface area (Å²) >= 11 is 12.2. The fourth-order valence-corrected chi connectivity index (χ4v) is 6.80. The topological polar surface area (TPSA) is 90.0 Å². The highest BCUT2D eigenvalue weighted by atomic mass is 35.5. The zero-order valence-corrected chi connectivity index (χ0v) is 19.2. The third-order valence-corrected chi connectivity index (χ3v) is 7.88. The van der Waals surface area contributed by atoms with Crippen LogP contribution in [0.2, 0.25) is 10.0 Å². The standard InChI is InChI=1S/C23H16Cl2F3N3O4/c24-10-4-11(25)6-12(5-10)31-19(33)17-16-7-13(32)8-30(16)22(18(17)20(31)34)14-3-9(23(26,27)28)1-2-15(14)29-21(22)35/h1-6,13,16-18,32H,7-8H2,(H,29,35)/t13-,16?,17?,18?,22?/m0/s1. The van der Waals surface area contributed by atoms with E-state index in [9.17, 15) is 32.7 Å². The number of nitrogens with one attached hydrogen (secondary N) is 1. The van der Waals surface area contributed by atoms with E-state index in [0.29, 0.717) is 0 Å². The van der Waals surface area contributed by atoms with E-state index in [1.54, 1.807) is 0 Å². The molecule has 182 valence electrons. The van der Waals surface area contributed by atoms with Gasteiger partial charge in [0.2, 0.25) is 17.7 Å². The molecule has 4 aliphatic heterocycles. The molecular formula is C23H16Cl2F3N3O4. The molecular weight excluding hydrogens is 510 g/mol. The smallest absolute Gasteiger partial charge is 0.392 e. The van der Waals surface area contributed by atoms with Gasteiger partial charge in [-0.15, -0.1) is 0 Å². The largest absolute Gasteiger partial charge is 0.416 e. The van der Waals surface area contributed by atoms with Crippen molar-refractivity contribution in [1.29, 1.82) is 0 Å². The summed E-state index contributed by atoms with van der Waals surface area (Å²) in [5, 5.41) is 13.4. The first-order valence-electron chi connectivity index (χ1n) is 10.8. The summed E-state index contributed by atoms with van der Waals surface area (Å²) in [6, 6.07) is 6.31. The first-order chi connectivity index (χ1) is 16.4. The van der Waals surface area contributed by atoms with Crippen molar-refractivity contribution in [3.05, 3.63) is 57.6 Å². The van der Waals surface area contributed by atoms with E-state index in [0.717, 1.165) is 23.1 Å². The zero-order chi connectivity index (χ0) is 25.0. The Morgan fingerprint density at radius 2 is 1.71 bits per heavy atom. The van der Waals surface area contributed by atoms with Crippen molar-refractivity contribution in [3.63, 3.8) is 0 Å². The number of alkyl halides is 3. The van der Waals surface area contributed by atoms with Gasteiger partial charge in [0.05, 0.1) is 29.2 Å². The molecule has 2 N–H and O–H groups in total. The number of aliphatic hydroxyl groups excluding tert-OH is 1. The van der Waals surface area contributed by atoms with Gasteiger partial charge in [-0.1, -0.05) is 23.2 Å². The summed E-state index contributed by atoms with van der Waals surface area (Å²) in [4.78, 5) is 43.5. The number of imide groups is 1. The zero-order valence-electron chi connectivity index (χ0n) is 17.6. The maximum Gasteiger partial charge on any atom is 0.416 e. The Hall–Kier alpha value is -2.66. The molecule has 0 aromatic heterocycles. The number of benzene rings is 2. The molecule has 0 aliphatic carbocycles. The molecule has 4 heterocycles. The Balaban J connectivity index is 1.57. The lowest BCUT2D eigenvalue weighted by Crippen LogP contribution is -2.54. The monoisotopic (exact) mass is 525 g/mol. The molecule has 0 radical (unpaired) electrons. The highest BCUT2D eigenvalue weighted by Crippen LogP contribution is 2.61. The first-order valence-corrected chi connectivity index (χ1v) is 11.5. The summed E-state index contributed by atoms with van der Waals surface area (Å²) in [6.45, 7) is -0.0652. The van der Waals surface area contributed by atoms with Crippen LogP contribution in [0.1, 0.15) is 17.5 Å². The Morgan fingerprint density at radius 3 is 2.37 bits per heavy atom. The van der Waals surface area contributed by atoms with Crippen molar-refractivity contribution in [2.45, 2.75) is 30.3 Å². The summed E-state index contributed by atoms with van der Waals surface area (Å²) in [6.07, 6.45) is -5.52. The van der Waals surface area contributed by atoms with Gasteiger partial charge in [0, 0.05) is 33.9 Å².